The Morgan fingerprint density at radius 2 is 1.23 bits per heavy atom. The van der Waals surface area contributed by atoms with E-state index in [2.05, 4.69) is 0 Å². The lowest BCUT2D eigenvalue weighted by Gasteiger charge is -2.50. The second kappa shape index (κ2) is 9.95. The van der Waals surface area contributed by atoms with Crippen LogP contribution < -0.4 is 22.5 Å². The number of nitrogen functional groups attached to an aromatic ring is 1. The van der Waals surface area contributed by atoms with Crippen LogP contribution in [0.15, 0.2) is 0 Å². The van der Waals surface area contributed by atoms with Gasteiger partial charge in [-0.3, -0.25) is 9.59 Å². The minimum Gasteiger partial charge on any atom is -0.394 e. The van der Waals surface area contributed by atoms with Crippen molar-refractivity contribution in [3.63, 3.8) is 0 Å². The van der Waals surface area contributed by atoms with Gasteiger partial charge in [-0.05, 0) is 42.9 Å². The summed E-state index contributed by atoms with van der Waals surface area (Å²) in [5, 5.41) is 2.02. The van der Waals surface area contributed by atoms with Crippen molar-refractivity contribution < 1.29 is 27.2 Å². The number of hydrogen-bond donors (Lipinski definition) is 4. The molecule has 0 heterocycles. The number of nitrogens with two attached hydrogens (primary N) is 3. The van der Waals surface area contributed by atoms with Crippen molar-refractivity contribution in [2.24, 2.45) is 39.5 Å². The van der Waals surface area contributed by atoms with Gasteiger partial charge in [0.25, 0.3) is 0 Å². The van der Waals surface area contributed by atoms with E-state index in [4.69, 9.17) is 17.2 Å². The molecule has 0 saturated carbocycles. The molecule has 0 aliphatic rings. The van der Waals surface area contributed by atoms with Crippen molar-refractivity contribution in [1.29, 1.82) is 0 Å². The average molecular weight is 505 g/mol. The van der Waals surface area contributed by atoms with Crippen LogP contribution in [-0.4, -0.2) is 17.4 Å². The van der Waals surface area contributed by atoms with E-state index in [1.165, 1.54) is 0 Å². The average Bonchev–Trinajstić information content (AvgIpc) is 2.68. The minimum absolute atomic E-state index is 0.160. The van der Waals surface area contributed by atoms with E-state index in [1.807, 2.05) is 33.0 Å². The molecular weight excluding hydrogens is 464 g/mol. The fourth-order valence-electron chi connectivity index (χ4n) is 4.24. The molecule has 0 spiro atoms. The maximum absolute atomic E-state index is 14.4. The first-order valence-corrected chi connectivity index (χ1v) is 11.5. The van der Waals surface area contributed by atoms with Crippen LogP contribution >= 0.6 is 0 Å². The number of carbonyl (C=O) groups is 2. The maximum Gasteiger partial charge on any atom is 0.228 e. The summed E-state index contributed by atoms with van der Waals surface area (Å²) in [6.07, 6.45) is 0.457. The van der Waals surface area contributed by atoms with Gasteiger partial charge in [0.1, 0.15) is 11.4 Å². The van der Waals surface area contributed by atoms with Gasteiger partial charge in [-0.25, -0.2) is 17.6 Å². The van der Waals surface area contributed by atoms with Crippen LogP contribution in [-0.2, 0) is 9.59 Å². The molecular formula is C25H40F4N4O2. The number of primary amides is 1. The molecule has 1 aromatic rings. The smallest absolute Gasteiger partial charge is 0.228 e. The summed E-state index contributed by atoms with van der Waals surface area (Å²) in [6, 6.07) is 0. The highest BCUT2D eigenvalue weighted by Crippen LogP contribution is 2.52. The summed E-state index contributed by atoms with van der Waals surface area (Å²) in [7, 11) is 0. The Bertz CT molecular complexity index is 950. The zero-order chi connectivity index (χ0) is 27.9. The first kappa shape index (κ1) is 30.7. The van der Waals surface area contributed by atoms with Crippen LogP contribution in [0.1, 0.15) is 75.2 Å². The van der Waals surface area contributed by atoms with Gasteiger partial charge in [-0.1, -0.05) is 48.5 Å². The highest BCUT2D eigenvalue weighted by Gasteiger charge is 2.49. The highest BCUT2D eigenvalue weighted by molar-refractivity contribution is 5.93. The molecule has 0 fully saturated rings. The van der Waals surface area contributed by atoms with Crippen molar-refractivity contribution >= 4 is 23.2 Å². The third kappa shape index (κ3) is 6.65. The number of anilines is 2. The zero-order valence-corrected chi connectivity index (χ0v) is 22.1. The van der Waals surface area contributed by atoms with Gasteiger partial charge < -0.3 is 22.5 Å². The third-order valence-electron chi connectivity index (χ3n) is 7.31. The van der Waals surface area contributed by atoms with E-state index in [0.29, 0.717) is 6.42 Å². The number of halogens is 4. The molecule has 200 valence electrons. The zero-order valence-electron chi connectivity index (χ0n) is 22.1. The lowest BCUT2D eigenvalue weighted by Crippen LogP contribution is -2.51. The standard InChI is InChI=1S/C25H40F4N4O2/c1-22(2,3)13(21(35)33-19-16(28)14(26)18(30)15(27)17(19)29)10-23(4,5)25(8,9)12(20(31)34)11-24(6,7)32/h12-13H,10-11,30,32H2,1-9H3,(H2,31,34)(H,33,35). The molecule has 0 aliphatic heterocycles. The van der Waals surface area contributed by atoms with Crippen molar-refractivity contribution in [1.82, 2.24) is 0 Å². The lowest BCUT2D eigenvalue weighted by atomic mass is 9.55. The molecule has 0 bridgehead atoms. The number of amides is 2. The molecule has 0 aromatic heterocycles. The van der Waals surface area contributed by atoms with Gasteiger partial charge in [-0.2, -0.15) is 0 Å². The molecule has 1 aromatic carbocycles. The Hall–Kier alpha value is -2.36. The van der Waals surface area contributed by atoms with Crippen molar-refractivity contribution in [2.75, 3.05) is 11.1 Å². The number of carbonyl (C=O) groups excluding carboxylic acids is 2. The first-order valence-electron chi connectivity index (χ1n) is 11.5. The van der Waals surface area contributed by atoms with Gasteiger partial charge in [0.15, 0.2) is 23.3 Å². The fraction of sp³-hybridized carbons (Fsp3) is 0.680. The highest BCUT2D eigenvalue weighted by atomic mass is 19.2. The van der Waals surface area contributed by atoms with Crippen LogP contribution in [0.2, 0.25) is 0 Å². The topological polar surface area (TPSA) is 124 Å². The summed E-state index contributed by atoms with van der Waals surface area (Å²) in [6.45, 7) is 16.3. The van der Waals surface area contributed by atoms with E-state index in [-0.39, 0.29) is 6.42 Å². The quantitative estimate of drug-likeness (QED) is 0.212. The summed E-state index contributed by atoms with van der Waals surface area (Å²) >= 11 is 0. The Morgan fingerprint density at radius 1 is 0.800 bits per heavy atom. The Morgan fingerprint density at radius 3 is 1.57 bits per heavy atom. The molecule has 2 unspecified atom stereocenters. The molecule has 1 rings (SSSR count). The molecule has 2 atom stereocenters. The van der Waals surface area contributed by atoms with Gasteiger partial charge in [0.05, 0.1) is 0 Å². The summed E-state index contributed by atoms with van der Waals surface area (Å²) in [4.78, 5) is 25.7. The predicted octanol–water partition coefficient (Wildman–Crippen LogP) is 5.10. The molecule has 0 radical (unpaired) electrons. The van der Waals surface area contributed by atoms with E-state index < -0.39 is 80.1 Å². The van der Waals surface area contributed by atoms with Gasteiger partial charge >= 0.3 is 0 Å². The fourth-order valence-corrected chi connectivity index (χ4v) is 4.24. The molecule has 6 nitrogen and oxygen atoms in total. The van der Waals surface area contributed by atoms with E-state index >= 15 is 0 Å². The number of rotatable bonds is 9. The lowest BCUT2D eigenvalue weighted by molar-refractivity contribution is -0.133. The molecule has 10 heteroatoms. The molecule has 0 saturated heterocycles. The Balaban J connectivity index is 3.45. The number of hydrogen-bond acceptors (Lipinski definition) is 4. The summed E-state index contributed by atoms with van der Waals surface area (Å²) < 4.78 is 56.6. The van der Waals surface area contributed by atoms with Gasteiger partial charge in [-0.15, -0.1) is 0 Å². The van der Waals surface area contributed by atoms with Crippen LogP contribution in [0.5, 0.6) is 0 Å². The molecule has 7 N–H and O–H groups in total. The predicted molar refractivity (Wildman–Crippen MR) is 130 cm³/mol. The van der Waals surface area contributed by atoms with Crippen molar-refractivity contribution in [2.45, 2.75) is 80.7 Å². The number of benzene rings is 1. The van der Waals surface area contributed by atoms with Crippen LogP contribution in [0, 0.1) is 51.3 Å². The normalized spacial score (nSPS) is 15.0. The van der Waals surface area contributed by atoms with Gasteiger partial charge in [0.2, 0.25) is 11.8 Å². The molecule has 0 aliphatic carbocycles. The first-order chi connectivity index (χ1) is 15.5. The summed E-state index contributed by atoms with van der Waals surface area (Å²) in [5.41, 5.74) is 11.5. The van der Waals surface area contributed by atoms with E-state index in [0.717, 1.165) is 0 Å². The molecule has 2 amide bonds. The monoisotopic (exact) mass is 504 g/mol. The minimum atomic E-state index is -1.79. The van der Waals surface area contributed by atoms with Crippen molar-refractivity contribution in [3.05, 3.63) is 23.3 Å². The second-order valence-electron chi connectivity index (χ2n) is 12.4. The Kier molecular flexibility index (Phi) is 8.72. The number of nitrogens with one attached hydrogen (secondary N) is 1. The van der Waals surface area contributed by atoms with Crippen LogP contribution in [0.3, 0.4) is 0 Å². The third-order valence-corrected chi connectivity index (χ3v) is 7.31. The Labute approximate surface area is 205 Å². The van der Waals surface area contributed by atoms with Crippen LogP contribution in [0.25, 0.3) is 0 Å². The maximum atomic E-state index is 14.4. The molecule has 35 heavy (non-hydrogen) atoms. The van der Waals surface area contributed by atoms with E-state index in [9.17, 15) is 27.2 Å². The van der Waals surface area contributed by atoms with Crippen LogP contribution in [0.4, 0.5) is 28.9 Å². The second-order valence-corrected chi connectivity index (χ2v) is 12.4. The SMILES string of the molecule is CC(C)(N)CC(C(N)=O)C(C)(C)C(C)(C)CC(C(=O)Nc1c(F)c(F)c(N)c(F)c1F)C(C)(C)C. The van der Waals surface area contributed by atoms with E-state index in [1.54, 1.807) is 34.6 Å². The largest absolute Gasteiger partial charge is 0.394 e. The van der Waals surface area contributed by atoms with Crippen molar-refractivity contribution in [3.8, 4) is 0 Å². The summed E-state index contributed by atoms with van der Waals surface area (Å²) in [5.74, 6) is -10.0. The van der Waals surface area contributed by atoms with Gasteiger partial charge in [0, 0.05) is 17.4 Å².